The van der Waals surface area contributed by atoms with E-state index in [1.54, 1.807) is 11.3 Å². The molecule has 2 aliphatic rings. The van der Waals surface area contributed by atoms with Gasteiger partial charge in [0.15, 0.2) is 0 Å². The first kappa shape index (κ1) is 11.7. The van der Waals surface area contributed by atoms with Gasteiger partial charge in [0.1, 0.15) is 0 Å². The minimum atomic E-state index is 0.197. The van der Waals surface area contributed by atoms with Crippen molar-refractivity contribution < 1.29 is 0 Å². The van der Waals surface area contributed by atoms with E-state index < -0.39 is 0 Å². The minimum Gasteiger partial charge on any atom is -0.322 e. The summed E-state index contributed by atoms with van der Waals surface area (Å²) in [5.41, 5.74) is 6.26. The van der Waals surface area contributed by atoms with Crippen LogP contribution in [0.5, 0.6) is 0 Å². The molecule has 2 aliphatic heterocycles. The van der Waals surface area contributed by atoms with Crippen LogP contribution in [0.1, 0.15) is 23.8 Å². The Morgan fingerprint density at radius 1 is 1.41 bits per heavy atom. The molecule has 17 heavy (non-hydrogen) atoms. The van der Waals surface area contributed by atoms with Gasteiger partial charge < -0.3 is 5.73 Å². The van der Waals surface area contributed by atoms with Crippen molar-refractivity contribution in [3.05, 3.63) is 22.4 Å². The Labute approximate surface area is 107 Å². The lowest BCUT2D eigenvalue weighted by atomic mass is 10.1. The summed E-state index contributed by atoms with van der Waals surface area (Å²) in [5, 5.41) is 2.12. The molecule has 1 aromatic heterocycles. The first-order valence-corrected chi connectivity index (χ1v) is 7.46. The summed E-state index contributed by atoms with van der Waals surface area (Å²) in [7, 11) is 0. The number of hydrogen-bond acceptors (Lipinski definition) is 4. The van der Waals surface area contributed by atoms with Gasteiger partial charge >= 0.3 is 0 Å². The maximum Gasteiger partial charge on any atom is 0.0519 e. The third-order valence-corrected chi connectivity index (χ3v) is 5.04. The number of nitrogens with two attached hydrogens (primary N) is 1. The maximum absolute atomic E-state index is 6.26. The Hall–Kier alpha value is -0.420. The molecule has 0 saturated carbocycles. The van der Waals surface area contributed by atoms with Crippen LogP contribution in [0.15, 0.2) is 17.5 Å². The Bertz CT molecular complexity index is 352. The molecule has 0 bridgehead atoms. The third kappa shape index (κ3) is 2.55. The number of nitrogens with zero attached hydrogens (tertiary/aromatic N) is 2. The molecule has 1 aromatic rings. The number of rotatable bonds is 3. The number of piperazine rings is 1. The van der Waals surface area contributed by atoms with Crippen molar-refractivity contribution in [2.45, 2.75) is 24.9 Å². The molecule has 2 N–H and O–H groups in total. The topological polar surface area (TPSA) is 32.5 Å². The van der Waals surface area contributed by atoms with Crippen molar-refractivity contribution in [3.8, 4) is 0 Å². The van der Waals surface area contributed by atoms with Crippen LogP contribution >= 0.6 is 11.3 Å². The van der Waals surface area contributed by atoms with Gasteiger partial charge in [-0.3, -0.25) is 9.80 Å². The van der Waals surface area contributed by atoms with Gasteiger partial charge in [0, 0.05) is 37.1 Å². The largest absolute Gasteiger partial charge is 0.322 e. The first-order chi connectivity index (χ1) is 8.33. The summed E-state index contributed by atoms with van der Waals surface area (Å²) in [5.74, 6) is 0. The quantitative estimate of drug-likeness (QED) is 0.884. The normalized spacial score (nSPS) is 28.2. The monoisotopic (exact) mass is 251 g/mol. The first-order valence-electron chi connectivity index (χ1n) is 6.58. The lowest BCUT2D eigenvalue weighted by Gasteiger charge is -2.38. The molecule has 0 radical (unpaired) electrons. The molecule has 3 rings (SSSR count). The van der Waals surface area contributed by atoms with Gasteiger partial charge in [-0.05, 0) is 30.8 Å². The van der Waals surface area contributed by atoms with E-state index in [1.807, 2.05) is 0 Å². The molecule has 2 atom stereocenters. The molecule has 0 aromatic carbocycles. The highest BCUT2D eigenvalue weighted by Gasteiger charge is 2.30. The summed E-state index contributed by atoms with van der Waals surface area (Å²) in [6.07, 6.45) is 2.76. The summed E-state index contributed by atoms with van der Waals surface area (Å²) in [4.78, 5) is 6.52. The van der Waals surface area contributed by atoms with Crippen LogP contribution in [0.3, 0.4) is 0 Å². The van der Waals surface area contributed by atoms with E-state index in [-0.39, 0.29) is 6.04 Å². The fourth-order valence-electron chi connectivity index (χ4n) is 3.09. The lowest BCUT2D eigenvalue weighted by Crippen LogP contribution is -2.51. The van der Waals surface area contributed by atoms with E-state index in [9.17, 15) is 0 Å². The molecule has 2 unspecified atom stereocenters. The second kappa shape index (κ2) is 5.06. The van der Waals surface area contributed by atoms with Gasteiger partial charge in [-0.1, -0.05) is 6.07 Å². The van der Waals surface area contributed by atoms with Crippen LogP contribution in [-0.2, 0) is 0 Å². The Morgan fingerprint density at radius 3 is 3.18 bits per heavy atom. The van der Waals surface area contributed by atoms with E-state index in [0.717, 1.165) is 12.6 Å². The second-order valence-corrected chi connectivity index (χ2v) is 6.19. The summed E-state index contributed by atoms with van der Waals surface area (Å²) in [6.45, 7) is 5.98. The van der Waals surface area contributed by atoms with Crippen molar-refractivity contribution >= 4 is 11.3 Å². The number of fused-ring (bicyclic) bond motifs is 1. The predicted molar refractivity (Wildman–Crippen MR) is 72.3 cm³/mol. The highest BCUT2D eigenvalue weighted by atomic mass is 32.1. The molecule has 2 fully saturated rings. The van der Waals surface area contributed by atoms with Crippen LogP contribution in [0.4, 0.5) is 0 Å². The standard InChI is InChI=1S/C13H21N3S/c14-12(13-4-2-8-17-13)10-15-6-7-16-5-1-3-11(16)9-15/h2,4,8,11-12H,1,3,5-7,9-10,14H2. The van der Waals surface area contributed by atoms with E-state index >= 15 is 0 Å². The molecular formula is C13H21N3S. The van der Waals surface area contributed by atoms with Crippen LogP contribution in [0, 0.1) is 0 Å². The third-order valence-electron chi connectivity index (χ3n) is 4.03. The molecule has 0 aliphatic carbocycles. The Balaban J connectivity index is 1.55. The Kier molecular flexibility index (Phi) is 3.47. The number of hydrogen-bond donors (Lipinski definition) is 1. The van der Waals surface area contributed by atoms with Crippen molar-refractivity contribution in [3.63, 3.8) is 0 Å². The molecule has 0 spiro atoms. The molecule has 94 valence electrons. The highest BCUT2D eigenvalue weighted by Crippen LogP contribution is 2.23. The molecular weight excluding hydrogens is 230 g/mol. The van der Waals surface area contributed by atoms with Gasteiger partial charge in [0.25, 0.3) is 0 Å². The average molecular weight is 251 g/mol. The SMILES string of the molecule is NC(CN1CCN2CCCC2C1)c1cccs1. The highest BCUT2D eigenvalue weighted by molar-refractivity contribution is 7.10. The minimum absolute atomic E-state index is 0.197. The number of thiophene rings is 1. The van der Waals surface area contributed by atoms with Gasteiger partial charge in [-0.2, -0.15) is 0 Å². The van der Waals surface area contributed by atoms with Gasteiger partial charge in [-0.25, -0.2) is 0 Å². The predicted octanol–water partition coefficient (Wildman–Crippen LogP) is 1.53. The zero-order chi connectivity index (χ0) is 11.7. The summed E-state index contributed by atoms with van der Waals surface area (Å²) in [6, 6.07) is 5.25. The average Bonchev–Trinajstić information content (AvgIpc) is 2.99. The molecule has 3 nitrogen and oxygen atoms in total. The van der Waals surface area contributed by atoms with Crippen LogP contribution in [0.2, 0.25) is 0 Å². The summed E-state index contributed by atoms with van der Waals surface area (Å²) >= 11 is 1.78. The van der Waals surface area contributed by atoms with E-state index in [1.165, 1.54) is 43.9 Å². The van der Waals surface area contributed by atoms with Crippen LogP contribution in [0.25, 0.3) is 0 Å². The van der Waals surface area contributed by atoms with Crippen molar-refractivity contribution in [2.75, 3.05) is 32.7 Å². The van der Waals surface area contributed by atoms with Gasteiger partial charge in [0.05, 0.1) is 6.04 Å². The van der Waals surface area contributed by atoms with Gasteiger partial charge in [0.2, 0.25) is 0 Å². The van der Waals surface area contributed by atoms with E-state index in [2.05, 4.69) is 27.3 Å². The van der Waals surface area contributed by atoms with Crippen LogP contribution < -0.4 is 5.73 Å². The molecule has 3 heterocycles. The molecule has 2 saturated heterocycles. The van der Waals surface area contributed by atoms with Crippen molar-refractivity contribution in [1.29, 1.82) is 0 Å². The van der Waals surface area contributed by atoms with Crippen molar-refractivity contribution in [2.24, 2.45) is 5.73 Å². The fourth-order valence-corrected chi connectivity index (χ4v) is 3.81. The lowest BCUT2D eigenvalue weighted by molar-refractivity contribution is 0.100. The second-order valence-electron chi connectivity index (χ2n) is 5.21. The van der Waals surface area contributed by atoms with Crippen LogP contribution in [-0.4, -0.2) is 48.6 Å². The van der Waals surface area contributed by atoms with Crippen molar-refractivity contribution in [1.82, 2.24) is 9.80 Å². The maximum atomic E-state index is 6.26. The van der Waals surface area contributed by atoms with E-state index in [4.69, 9.17) is 5.73 Å². The van der Waals surface area contributed by atoms with E-state index in [0.29, 0.717) is 0 Å². The molecule has 4 heteroatoms. The fraction of sp³-hybridized carbons (Fsp3) is 0.692. The summed E-state index contributed by atoms with van der Waals surface area (Å²) < 4.78 is 0. The smallest absolute Gasteiger partial charge is 0.0519 e. The zero-order valence-corrected chi connectivity index (χ0v) is 11.0. The zero-order valence-electron chi connectivity index (χ0n) is 10.2. The molecule has 0 amide bonds. The van der Waals surface area contributed by atoms with Gasteiger partial charge in [-0.15, -0.1) is 11.3 Å². The Morgan fingerprint density at radius 2 is 2.35 bits per heavy atom.